The summed E-state index contributed by atoms with van der Waals surface area (Å²) in [4.78, 5) is 22.1. The molecule has 10 heteroatoms. The number of nitrogens with zero attached hydrogens (tertiary/aromatic N) is 4. The number of carbonyl (C=O) groups excluding carboxylic acids is 1. The third kappa shape index (κ3) is 5.83. The normalized spacial score (nSPS) is 15.3. The maximum atomic E-state index is 11.8. The van der Waals surface area contributed by atoms with E-state index >= 15 is 0 Å². The first-order valence-corrected chi connectivity index (χ1v) is 9.94. The van der Waals surface area contributed by atoms with Crippen molar-refractivity contribution in [3.05, 3.63) is 35.2 Å². The maximum absolute atomic E-state index is 11.8. The molecule has 1 aliphatic heterocycles. The van der Waals surface area contributed by atoms with Gasteiger partial charge in [-0.15, -0.1) is 0 Å². The Labute approximate surface area is 174 Å². The average Bonchev–Trinajstić information content (AvgIpc) is 3.21. The standard InChI is InChI=1S/C19H25ClN6O3/c1-3-28-19(27)26-9-7-15(8-10-26)23-18(21-2)22-12-16-24-17(25-29-16)13-5-4-6-14(20)11-13/h4-6,11,15H,3,7-10,12H2,1-2H3,(H2,21,22,23). The Kier molecular flexibility index (Phi) is 7.29. The Balaban J connectivity index is 1.47. The second-order valence-electron chi connectivity index (χ2n) is 6.55. The minimum Gasteiger partial charge on any atom is -0.450 e. The molecule has 0 saturated carbocycles. The van der Waals surface area contributed by atoms with Gasteiger partial charge >= 0.3 is 6.09 Å². The number of ether oxygens (including phenoxy) is 1. The first kappa shape index (κ1) is 20.9. The molecule has 2 aromatic rings. The molecule has 0 unspecified atom stereocenters. The number of guanidine groups is 1. The summed E-state index contributed by atoms with van der Waals surface area (Å²) in [5.41, 5.74) is 0.795. The summed E-state index contributed by atoms with van der Waals surface area (Å²) in [5, 5.41) is 11.1. The molecule has 1 amide bonds. The van der Waals surface area contributed by atoms with E-state index in [-0.39, 0.29) is 12.1 Å². The van der Waals surface area contributed by atoms with Crippen molar-refractivity contribution in [2.75, 3.05) is 26.7 Å². The molecule has 9 nitrogen and oxygen atoms in total. The van der Waals surface area contributed by atoms with Gasteiger partial charge in [0.25, 0.3) is 0 Å². The van der Waals surface area contributed by atoms with Gasteiger partial charge in [-0.25, -0.2) is 4.79 Å². The summed E-state index contributed by atoms with van der Waals surface area (Å²) in [5.74, 6) is 1.57. The van der Waals surface area contributed by atoms with Crippen LogP contribution in [-0.2, 0) is 11.3 Å². The van der Waals surface area contributed by atoms with Crippen LogP contribution in [0.4, 0.5) is 4.79 Å². The lowest BCUT2D eigenvalue weighted by Crippen LogP contribution is -2.49. The quantitative estimate of drug-likeness (QED) is 0.565. The molecule has 1 fully saturated rings. The second-order valence-corrected chi connectivity index (χ2v) is 6.99. The summed E-state index contributed by atoms with van der Waals surface area (Å²) >= 11 is 6.01. The van der Waals surface area contributed by atoms with E-state index in [4.69, 9.17) is 20.9 Å². The minimum absolute atomic E-state index is 0.219. The summed E-state index contributed by atoms with van der Waals surface area (Å²) in [6, 6.07) is 7.51. The third-order valence-corrected chi connectivity index (χ3v) is 4.78. The van der Waals surface area contributed by atoms with Crippen molar-refractivity contribution in [3.63, 3.8) is 0 Å². The molecule has 1 aromatic heterocycles. The van der Waals surface area contributed by atoms with Gasteiger partial charge in [0.15, 0.2) is 5.96 Å². The van der Waals surface area contributed by atoms with Crippen LogP contribution < -0.4 is 10.6 Å². The van der Waals surface area contributed by atoms with Gasteiger partial charge in [-0.1, -0.05) is 28.9 Å². The molecule has 3 rings (SSSR count). The van der Waals surface area contributed by atoms with Gasteiger partial charge in [-0.05, 0) is 31.9 Å². The van der Waals surface area contributed by atoms with E-state index in [9.17, 15) is 4.79 Å². The fraction of sp³-hybridized carbons (Fsp3) is 0.474. The molecule has 0 radical (unpaired) electrons. The summed E-state index contributed by atoms with van der Waals surface area (Å²) < 4.78 is 10.3. The fourth-order valence-corrected chi connectivity index (χ4v) is 3.23. The zero-order valence-corrected chi connectivity index (χ0v) is 17.3. The number of nitrogens with one attached hydrogen (secondary N) is 2. The predicted octanol–water partition coefficient (Wildman–Crippen LogP) is 2.68. The number of carbonyl (C=O) groups is 1. The molecule has 1 aliphatic rings. The number of rotatable bonds is 5. The lowest BCUT2D eigenvalue weighted by atomic mass is 10.1. The van der Waals surface area contributed by atoms with Gasteiger partial charge in [-0.3, -0.25) is 4.99 Å². The highest BCUT2D eigenvalue weighted by atomic mass is 35.5. The van der Waals surface area contributed by atoms with Crippen molar-refractivity contribution in [1.82, 2.24) is 25.7 Å². The zero-order chi connectivity index (χ0) is 20.6. The molecule has 1 aromatic carbocycles. The van der Waals surface area contributed by atoms with Crippen molar-refractivity contribution < 1.29 is 14.1 Å². The highest BCUT2D eigenvalue weighted by Crippen LogP contribution is 2.19. The molecule has 156 valence electrons. The van der Waals surface area contributed by atoms with Crippen LogP contribution >= 0.6 is 11.6 Å². The summed E-state index contributed by atoms with van der Waals surface area (Å²) in [6.45, 7) is 3.85. The predicted molar refractivity (Wildman–Crippen MR) is 110 cm³/mol. The third-order valence-electron chi connectivity index (χ3n) is 4.54. The smallest absolute Gasteiger partial charge is 0.409 e. The lowest BCUT2D eigenvalue weighted by Gasteiger charge is -2.32. The molecule has 0 spiro atoms. The van der Waals surface area contributed by atoms with Crippen LogP contribution in [0.1, 0.15) is 25.7 Å². The Bertz CT molecular complexity index is 848. The van der Waals surface area contributed by atoms with E-state index in [0.717, 1.165) is 18.4 Å². The molecule has 0 aliphatic carbocycles. The molecular formula is C19H25ClN6O3. The van der Waals surface area contributed by atoms with E-state index in [1.165, 1.54) is 0 Å². The number of benzene rings is 1. The first-order valence-electron chi connectivity index (χ1n) is 9.56. The van der Waals surface area contributed by atoms with E-state index in [1.807, 2.05) is 19.1 Å². The highest BCUT2D eigenvalue weighted by molar-refractivity contribution is 6.30. The number of aromatic nitrogens is 2. The van der Waals surface area contributed by atoms with E-state index in [2.05, 4.69) is 25.8 Å². The Morgan fingerprint density at radius 1 is 1.41 bits per heavy atom. The SMILES string of the molecule is CCOC(=O)N1CCC(NC(=NC)NCc2nc(-c3cccc(Cl)c3)no2)CC1. The summed E-state index contributed by atoms with van der Waals surface area (Å²) in [7, 11) is 1.70. The van der Waals surface area contributed by atoms with Gasteiger partial charge in [-0.2, -0.15) is 4.98 Å². The molecular weight excluding hydrogens is 396 g/mol. The van der Waals surface area contributed by atoms with Crippen LogP contribution in [-0.4, -0.2) is 59.9 Å². The van der Waals surface area contributed by atoms with Crippen molar-refractivity contribution in [2.45, 2.75) is 32.4 Å². The molecule has 29 heavy (non-hydrogen) atoms. The zero-order valence-electron chi connectivity index (χ0n) is 16.5. The topological polar surface area (TPSA) is 105 Å². The largest absolute Gasteiger partial charge is 0.450 e. The van der Waals surface area contributed by atoms with Crippen LogP contribution in [0.5, 0.6) is 0 Å². The van der Waals surface area contributed by atoms with Crippen molar-refractivity contribution in [3.8, 4) is 11.4 Å². The minimum atomic E-state index is -0.250. The molecule has 2 N–H and O–H groups in total. The fourth-order valence-electron chi connectivity index (χ4n) is 3.04. The number of likely N-dealkylation sites (tertiary alicyclic amines) is 1. The molecule has 1 saturated heterocycles. The van der Waals surface area contributed by atoms with Gasteiger partial charge < -0.3 is 24.8 Å². The number of piperidine rings is 1. The van der Waals surface area contributed by atoms with Crippen LogP contribution in [0.25, 0.3) is 11.4 Å². The highest BCUT2D eigenvalue weighted by Gasteiger charge is 2.24. The van der Waals surface area contributed by atoms with E-state index < -0.39 is 0 Å². The monoisotopic (exact) mass is 420 g/mol. The molecule has 2 heterocycles. The van der Waals surface area contributed by atoms with E-state index in [1.54, 1.807) is 24.1 Å². The van der Waals surface area contributed by atoms with Crippen molar-refractivity contribution in [1.29, 1.82) is 0 Å². The van der Waals surface area contributed by atoms with Crippen molar-refractivity contribution in [2.24, 2.45) is 4.99 Å². The second kappa shape index (κ2) is 10.1. The Morgan fingerprint density at radius 3 is 2.90 bits per heavy atom. The Morgan fingerprint density at radius 2 is 2.21 bits per heavy atom. The van der Waals surface area contributed by atoms with Crippen LogP contribution in [0, 0.1) is 0 Å². The van der Waals surface area contributed by atoms with E-state index in [0.29, 0.717) is 48.9 Å². The number of aliphatic imine (C=N–C) groups is 1. The number of hydrogen-bond donors (Lipinski definition) is 2. The molecule has 0 bridgehead atoms. The lowest BCUT2D eigenvalue weighted by molar-refractivity contribution is 0.0963. The van der Waals surface area contributed by atoms with Crippen molar-refractivity contribution >= 4 is 23.7 Å². The van der Waals surface area contributed by atoms with Gasteiger partial charge in [0.1, 0.15) is 0 Å². The maximum Gasteiger partial charge on any atom is 0.409 e. The van der Waals surface area contributed by atoms with Gasteiger partial charge in [0, 0.05) is 36.8 Å². The first-order chi connectivity index (χ1) is 14.1. The van der Waals surface area contributed by atoms with Crippen LogP contribution in [0.2, 0.25) is 5.02 Å². The van der Waals surface area contributed by atoms with Crippen LogP contribution in [0.3, 0.4) is 0 Å². The van der Waals surface area contributed by atoms with Gasteiger partial charge in [0.2, 0.25) is 11.7 Å². The number of amides is 1. The Hall–Kier alpha value is -2.81. The van der Waals surface area contributed by atoms with Crippen LogP contribution in [0.15, 0.2) is 33.8 Å². The number of halogens is 1. The molecule has 0 atom stereocenters. The number of hydrogen-bond acceptors (Lipinski definition) is 6. The van der Waals surface area contributed by atoms with Gasteiger partial charge in [0.05, 0.1) is 13.2 Å². The average molecular weight is 421 g/mol. The summed E-state index contributed by atoms with van der Waals surface area (Å²) in [6.07, 6.45) is 1.39.